The Morgan fingerprint density at radius 2 is 1.89 bits per heavy atom. The lowest BCUT2D eigenvalue weighted by Gasteiger charge is -2.24. The Hall–Kier alpha value is -2.36. The lowest BCUT2D eigenvalue weighted by atomic mass is 9.95. The molecule has 0 unspecified atom stereocenters. The van der Waals surface area contributed by atoms with Crippen molar-refractivity contribution in [2.45, 2.75) is 49.2 Å². The number of halogens is 3. The summed E-state index contributed by atoms with van der Waals surface area (Å²) in [6, 6.07) is 4.97. The second kappa shape index (κ2) is 7.57. The number of benzene rings is 1. The number of hydrogen-bond donors (Lipinski definition) is 1. The summed E-state index contributed by atoms with van der Waals surface area (Å²) in [7, 11) is -3.52. The van der Waals surface area contributed by atoms with Gasteiger partial charge in [0.05, 0.1) is 22.7 Å². The molecule has 0 radical (unpaired) electrons. The smallest absolute Gasteiger partial charge is 0.322 e. The minimum Gasteiger partial charge on any atom is -0.322 e. The van der Waals surface area contributed by atoms with Gasteiger partial charge in [0.15, 0.2) is 15.5 Å². The van der Waals surface area contributed by atoms with Gasteiger partial charge in [0.1, 0.15) is 0 Å². The summed E-state index contributed by atoms with van der Waals surface area (Å²) in [4.78, 5) is 12.5. The van der Waals surface area contributed by atoms with E-state index in [4.69, 9.17) is 0 Å². The van der Waals surface area contributed by atoms with E-state index in [9.17, 15) is 26.4 Å². The first-order valence-corrected chi connectivity index (χ1v) is 10.7. The van der Waals surface area contributed by atoms with Crippen LogP contribution in [0.25, 0.3) is 0 Å². The predicted octanol–water partition coefficient (Wildman–Crippen LogP) is 4.06. The van der Waals surface area contributed by atoms with Crippen molar-refractivity contribution in [2.75, 3.05) is 11.6 Å². The van der Waals surface area contributed by atoms with E-state index < -0.39 is 33.2 Å². The van der Waals surface area contributed by atoms with E-state index in [0.717, 1.165) is 36.4 Å². The van der Waals surface area contributed by atoms with Crippen LogP contribution in [0.2, 0.25) is 0 Å². The normalized spacial score (nSPS) is 16.1. The fourth-order valence-corrected chi connectivity index (χ4v) is 4.08. The van der Waals surface area contributed by atoms with Crippen LogP contribution >= 0.6 is 0 Å². The minimum absolute atomic E-state index is 0.0424. The van der Waals surface area contributed by atoms with Crippen molar-refractivity contribution < 1.29 is 26.4 Å². The summed E-state index contributed by atoms with van der Waals surface area (Å²) < 4.78 is 65.3. The van der Waals surface area contributed by atoms with E-state index in [1.165, 1.54) is 24.3 Å². The number of amides is 1. The quantitative estimate of drug-likeness (QED) is 0.817. The van der Waals surface area contributed by atoms with Crippen molar-refractivity contribution in [3.05, 3.63) is 41.7 Å². The first kappa shape index (κ1) is 20.4. The maximum atomic E-state index is 13.7. The zero-order valence-corrected chi connectivity index (χ0v) is 16.0. The third kappa shape index (κ3) is 4.37. The average Bonchev–Trinajstić information content (AvgIpc) is 3.08. The summed E-state index contributed by atoms with van der Waals surface area (Å²) in [6.45, 7) is 0. The van der Waals surface area contributed by atoms with Crippen molar-refractivity contribution in [2.24, 2.45) is 0 Å². The molecule has 1 aromatic heterocycles. The summed E-state index contributed by atoms with van der Waals surface area (Å²) in [5.41, 5.74) is -1.56. The second-order valence-corrected chi connectivity index (χ2v) is 8.91. The van der Waals surface area contributed by atoms with E-state index in [2.05, 4.69) is 10.4 Å². The standard InChI is InChI=1S/C18H20F3N3O3S/c1-28(26,27)14-9-5-6-12(10-14)23-17(25)15-11-22-24(16(15)18(19,20)21)13-7-3-2-4-8-13/h5-6,9-11,13H,2-4,7-8H2,1H3,(H,23,25). The molecule has 2 aromatic rings. The SMILES string of the molecule is CS(=O)(=O)c1cccc(NC(=O)c2cnn(C3CCCCC3)c2C(F)(F)F)c1. The van der Waals surface area contributed by atoms with Gasteiger partial charge in [0.25, 0.3) is 5.91 Å². The summed E-state index contributed by atoms with van der Waals surface area (Å²) >= 11 is 0. The van der Waals surface area contributed by atoms with Gasteiger partial charge >= 0.3 is 6.18 Å². The fraction of sp³-hybridized carbons (Fsp3) is 0.444. The van der Waals surface area contributed by atoms with Crippen molar-refractivity contribution >= 4 is 21.4 Å². The van der Waals surface area contributed by atoms with Crippen LogP contribution in [-0.4, -0.2) is 30.4 Å². The molecule has 0 aliphatic heterocycles. The molecule has 1 aromatic carbocycles. The fourth-order valence-electron chi connectivity index (χ4n) is 3.42. The van der Waals surface area contributed by atoms with Gasteiger partial charge in [-0.05, 0) is 31.0 Å². The van der Waals surface area contributed by atoms with Crippen LogP contribution in [0, 0.1) is 0 Å². The van der Waals surface area contributed by atoms with Gasteiger partial charge in [-0.25, -0.2) is 8.42 Å². The van der Waals surface area contributed by atoms with E-state index in [0.29, 0.717) is 12.8 Å². The Morgan fingerprint density at radius 3 is 2.50 bits per heavy atom. The highest BCUT2D eigenvalue weighted by atomic mass is 32.2. The molecule has 0 saturated heterocycles. The summed E-state index contributed by atoms with van der Waals surface area (Å²) in [5.74, 6) is -0.986. The lowest BCUT2D eigenvalue weighted by molar-refractivity contribution is -0.145. The number of carbonyl (C=O) groups is 1. The molecule has 1 aliphatic carbocycles. The molecule has 0 atom stereocenters. The second-order valence-electron chi connectivity index (χ2n) is 6.90. The van der Waals surface area contributed by atoms with Gasteiger partial charge in [0.2, 0.25) is 0 Å². The minimum atomic E-state index is -4.74. The number of carbonyl (C=O) groups excluding carboxylic acids is 1. The summed E-state index contributed by atoms with van der Waals surface area (Å²) in [5, 5.41) is 6.21. The van der Waals surface area contributed by atoms with Crippen LogP contribution in [0.3, 0.4) is 0 Å². The zero-order valence-electron chi connectivity index (χ0n) is 15.2. The Bertz CT molecular complexity index is 977. The van der Waals surface area contributed by atoms with E-state index in [1.807, 2.05) is 0 Å². The predicted molar refractivity (Wildman–Crippen MR) is 96.9 cm³/mol. The molecule has 6 nitrogen and oxygen atoms in total. The highest BCUT2D eigenvalue weighted by Gasteiger charge is 2.41. The molecule has 0 bridgehead atoms. The molecule has 28 heavy (non-hydrogen) atoms. The molecule has 3 rings (SSSR count). The lowest BCUT2D eigenvalue weighted by Crippen LogP contribution is -2.24. The van der Waals surface area contributed by atoms with Crippen molar-refractivity contribution in [3.8, 4) is 0 Å². The average molecular weight is 415 g/mol. The van der Waals surface area contributed by atoms with Gasteiger partial charge in [-0.15, -0.1) is 0 Å². The Balaban J connectivity index is 1.93. The van der Waals surface area contributed by atoms with Crippen LogP contribution in [-0.2, 0) is 16.0 Å². The number of nitrogens with one attached hydrogen (secondary N) is 1. The topological polar surface area (TPSA) is 81.1 Å². The molecule has 152 valence electrons. The Morgan fingerprint density at radius 1 is 1.21 bits per heavy atom. The third-order valence-electron chi connectivity index (χ3n) is 4.75. The van der Waals surface area contributed by atoms with Crippen LogP contribution < -0.4 is 5.32 Å². The molecule has 1 N–H and O–H groups in total. The van der Waals surface area contributed by atoms with Crippen LogP contribution in [0.15, 0.2) is 35.4 Å². The number of rotatable bonds is 4. The first-order chi connectivity index (χ1) is 13.1. The Labute approximate surface area is 160 Å². The van der Waals surface area contributed by atoms with Gasteiger partial charge in [-0.2, -0.15) is 18.3 Å². The third-order valence-corrected chi connectivity index (χ3v) is 5.86. The number of alkyl halides is 3. The number of nitrogens with zero attached hydrogens (tertiary/aromatic N) is 2. The molecule has 1 heterocycles. The highest BCUT2D eigenvalue weighted by Crippen LogP contribution is 2.37. The molecule has 1 amide bonds. The number of sulfone groups is 1. The van der Waals surface area contributed by atoms with Crippen LogP contribution in [0.4, 0.5) is 18.9 Å². The molecule has 10 heteroatoms. The van der Waals surface area contributed by atoms with Gasteiger partial charge in [-0.1, -0.05) is 25.3 Å². The maximum Gasteiger partial charge on any atom is 0.433 e. The molecule has 1 fully saturated rings. The molecule has 1 aliphatic rings. The Kier molecular flexibility index (Phi) is 5.51. The first-order valence-electron chi connectivity index (χ1n) is 8.83. The van der Waals surface area contributed by atoms with E-state index >= 15 is 0 Å². The zero-order chi connectivity index (χ0) is 20.5. The molecule has 1 saturated carbocycles. The highest BCUT2D eigenvalue weighted by molar-refractivity contribution is 7.90. The molecular formula is C18H20F3N3O3S. The molecule has 0 spiro atoms. The van der Waals surface area contributed by atoms with Gasteiger partial charge in [0, 0.05) is 11.9 Å². The van der Waals surface area contributed by atoms with Crippen LogP contribution in [0.5, 0.6) is 0 Å². The largest absolute Gasteiger partial charge is 0.433 e. The van der Waals surface area contributed by atoms with Crippen molar-refractivity contribution in [1.82, 2.24) is 9.78 Å². The van der Waals surface area contributed by atoms with Crippen molar-refractivity contribution in [1.29, 1.82) is 0 Å². The number of anilines is 1. The van der Waals surface area contributed by atoms with Crippen molar-refractivity contribution in [3.63, 3.8) is 0 Å². The van der Waals surface area contributed by atoms with E-state index in [1.54, 1.807) is 0 Å². The monoisotopic (exact) mass is 415 g/mol. The molecular weight excluding hydrogens is 395 g/mol. The number of aromatic nitrogens is 2. The van der Waals surface area contributed by atoms with Gasteiger partial charge in [-0.3, -0.25) is 9.48 Å². The maximum absolute atomic E-state index is 13.7. The summed E-state index contributed by atoms with van der Waals surface area (Å²) in [6.07, 6.45) is 0.975. The number of hydrogen-bond acceptors (Lipinski definition) is 4. The van der Waals surface area contributed by atoms with E-state index in [-0.39, 0.29) is 16.6 Å². The van der Waals surface area contributed by atoms with Crippen LogP contribution in [0.1, 0.15) is 54.2 Å². The van der Waals surface area contributed by atoms with Gasteiger partial charge < -0.3 is 5.32 Å².